The third-order valence-electron chi connectivity index (χ3n) is 4.22. The summed E-state index contributed by atoms with van der Waals surface area (Å²) in [5, 5.41) is 12.0. The first-order valence-corrected chi connectivity index (χ1v) is 11.0. The average Bonchev–Trinajstić information content (AvgIpc) is 3.06. The van der Waals surface area contributed by atoms with Crippen LogP contribution in [0.1, 0.15) is 17.0 Å². The van der Waals surface area contributed by atoms with E-state index < -0.39 is 0 Å². The van der Waals surface area contributed by atoms with Crippen molar-refractivity contribution in [2.24, 2.45) is 0 Å². The van der Waals surface area contributed by atoms with Gasteiger partial charge in [-0.05, 0) is 56.2 Å². The maximum atomic E-state index is 12.2. The molecule has 1 aromatic heterocycles. The minimum absolute atomic E-state index is 0.0685. The third kappa shape index (κ3) is 5.83. The smallest absolute Gasteiger partial charge is 0.230 e. The molecule has 0 fully saturated rings. The van der Waals surface area contributed by atoms with Crippen molar-refractivity contribution in [3.63, 3.8) is 0 Å². The highest BCUT2D eigenvalue weighted by atomic mass is 79.9. The number of carbonyl (C=O) groups is 1. The van der Waals surface area contributed by atoms with Crippen LogP contribution in [0.2, 0.25) is 0 Å². The largest absolute Gasteiger partial charge is 0.492 e. The highest BCUT2D eigenvalue weighted by Crippen LogP contribution is 2.24. The lowest BCUT2D eigenvalue weighted by atomic mass is 10.1. The summed E-state index contributed by atoms with van der Waals surface area (Å²) >= 11 is 4.78. The number of hydrogen-bond donors (Lipinski definition) is 1. The number of thioether (sulfide) groups is 1. The molecule has 0 atom stereocenters. The van der Waals surface area contributed by atoms with E-state index in [0.29, 0.717) is 18.3 Å². The predicted molar refractivity (Wildman–Crippen MR) is 119 cm³/mol. The minimum atomic E-state index is -0.0685. The first-order valence-electron chi connectivity index (χ1n) is 9.21. The summed E-state index contributed by atoms with van der Waals surface area (Å²) < 4.78 is 8.58. The second kappa shape index (κ2) is 9.93. The van der Waals surface area contributed by atoms with Crippen LogP contribution < -0.4 is 10.1 Å². The van der Waals surface area contributed by atoms with Gasteiger partial charge in [0, 0.05) is 4.47 Å². The Morgan fingerprint density at radius 2 is 2.00 bits per heavy atom. The Morgan fingerprint density at radius 1 is 1.17 bits per heavy atom. The summed E-state index contributed by atoms with van der Waals surface area (Å²) in [6.07, 6.45) is 0. The molecule has 0 radical (unpaired) electrons. The van der Waals surface area contributed by atoms with E-state index in [2.05, 4.69) is 63.5 Å². The van der Waals surface area contributed by atoms with Crippen molar-refractivity contribution in [1.29, 1.82) is 0 Å². The van der Waals surface area contributed by atoms with Crippen LogP contribution in [0.4, 0.5) is 0 Å². The van der Waals surface area contributed by atoms with E-state index in [9.17, 15) is 4.79 Å². The summed E-state index contributed by atoms with van der Waals surface area (Å²) in [7, 11) is 0. The number of amides is 1. The van der Waals surface area contributed by atoms with E-state index in [0.717, 1.165) is 32.9 Å². The molecule has 3 aromatic rings. The van der Waals surface area contributed by atoms with Crippen LogP contribution in [0, 0.1) is 20.8 Å². The normalized spacial score (nSPS) is 10.8. The molecule has 1 heterocycles. The quantitative estimate of drug-likeness (QED) is 0.390. The highest BCUT2D eigenvalue weighted by Gasteiger charge is 2.15. The zero-order chi connectivity index (χ0) is 20.8. The first-order chi connectivity index (χ1) is 13.9. The van der Waals surface area contributed by atoms with Crippen molar-refractivity contribution >= 4 is 33.6 Å². The van der Waals surface area contributed by atoms with E-state index >= 15 is 0 Å². The van der Waals surface area contributed by atoms with Gasteiger partial charge in [0.1, 0.15) is 18.2 Å². The average molecular weight is 475 g/mol. The van der Waals surface area contributed by atoms with Gasteiger partial charge in [0.2, 0.25) is 5.91 Å². The molecule has 0 aliphatic rings. The van der Waals surface area contributed by atoms with E-state index in [1.165, 1.54) is 11.8 Å². The van der Waals surface area contributed by atoms with Gasteiger partial charge in [-0.25, -0.2) is 0 Å². The number of halogens is 1. The van der Waals surface area contributed by atoms with Gasteiger partial charge in [-0.1, -0.05) is 45.9 Å². The number of nitrogens with zero attached hydrogens (tertiary/aromatic N) is 3. The number of aryl methyl sites for hydroxylation is 3. The molecular weight excluding hydrogens is 452 g/mol. The number of rotatable bonds is 8. The molecule has 2 aromatic carbocycles. The zero-order valence-corrected chi connectivity index (χ0v) is 19.0. The van der Waals surface area contributed by atoms with Gasteiger partial charge in [0.25, 0.3) is 0 Å². The van der Waals surface area contributed by atoms with Crippen LogP contribution in [0.3, 0.4) is 0 Å². The molecule has 0 saturated carbocycles. The van der Waals surface area contributed by atoms with Crippen molar-refractivity contribution < 1.29 is 9.53 Å². The number of aromatic nitrogens is 3. The van der Waals surface area contributed by atoms with Gasteiger partial charge >= 0.3 is 0 Å². The van der Waals surface area contributed by atoms with E-state index in [1.807, 2.05) is 35.8 Å². The highest BCUT2D eigenvalue weighted by molar-refractivity contribution is 9.10. The third-order valence-corrected chi connectivity index (χ3v) is 5.64. The van der Waals surface area contributed by atoms with Gasteiger partial charge in [-0.3, -0.25) is 9.36 Å². The Bertz CT molecular complexity index is 1010. The molecule has 1 amide bonds. The summed E-state index contributed by atoms with van der Waals surface area (Å²) in [6, 6.07) is 13.9. The zero-order valence-electron chi connectivity index (χ0n) is 16.6. The molecule has 152 valence electrons. The number of hydrogen-bond acceptors (Lipinski definition) is 5. The summed E-state index contributed by atoms with van der Waals surface area (Å²) in [4.78, 5) is 12.2. The van der Waals surface area contributed by atoms with Gasteiger partial charge < -0.3 is 10.1 Å². The Hall–Kier alpha value is -2.32. The topological polar surface area (TPSA) is 69.0 Å². The van der Waals surface area contributed by atoms with Crippen molar-refractivity contribution in [2.45, 2.75) is 25.9 Å². The number of ether oxygens (including phenoxy) is 1. The lowest BCUT2D eigenvalue weighted by molar-refractivity contribution is -0.118. The van der Waals surface area contributed by atoms with Crippen LogP contribution in [0.25, 0.3) is 5.69 Å². The summed E-state index contributed by atoms with van der Waals surface area (Å²) in [6.45, 7) is 6.87. The molecule has 0 bridgehead atoms. The molecule has 3 rings (SSSR count). The number of carbonyl (C=O) groups excluding carboxylic acids is 1. The fraction of sp³-hybridized carbons (Fsp3) is 0.286. The lowest BCUT2D eigenvalue weighted by Gasteiger charge is -2.12. The van der Waals surface area contributed by atoms with Crippen LogP contribution in [0.15, 0.2) is 52.1 Å². The Morgan fingerprint density at radius 3 is 2.79 bits per heavy atom. The van der Waals surface area contributed by atoms with Gasteiger partial charge in [0.15, 0.2) is 5.16 Å². The molecule has 0 aliphatic carbocycles. The fourth-order valence-corrected chi connectivity index (χ4v) is 3.97. The Balaban J connectivity index is 1.52. The second-order valence-electron chi connectivity index (χ2n) is 6.60. The SMILES string of the molecule is Cc1ccc(C)c(-n2c(C)nnc2SCC(=O)NCCOc2cccc(Br)c2)c1. The standard InChI is InChI=1S/C21H23BrN4O2S/c1-14-7-8-15(2)19(11-14)26-16(3)24-25-21(26)29-13-20(27)23-9-10-28-18-6-4-5-17(22)12-18/h4-8,11-12H,9-10,13H2,1-3H3,(H,23,27). The Labute approximate surface area is 183 Å². The van der Waals surface area contributed by atoms with Gasteiger partial charge in [-0.2, -0.15) is 0 Å². The first kappa shape index (κ1) is 21.4. The van der Waals surface area contributed by atoms with Gasteiger partial charge in [-0.15, -0.1) is 10.2 Å². The molecule has 0 spiro atoms. The Kier molecular flexibility index (Phi) is 7.33. The molecule has 6 nitrogen and oxygen atoms in total. The van der Waals surface area contributed by atoms with Gasteiger partial charge in [0.05, 0.1) is 18.0 Å². The van der Waals surface area contributed by atoms with Crippen molar-refractivity contribution in [3.05, 3.63) is 63.9 Å². The maximum absolute atomic E-state index is 12.2. The molecule has 1 N–H and O–H groups in total. The fourth-order valence-electron chi connectivity index (χ4n) is 2.77. The molecule has 0 unspecified atom stereocenters. The van der Waals surface area contributed by atoms with E-state index in [4.69, 9.17) is 4.74 Å². The van der Waals surface area contributed by atoms with Crippen LogP contribution in [0.5, 0.6) is 5.75 Å². The predicted octanol–water partition coefficient (Wildman–Crippen LogP) is 4.24. The molecule has 0 aliphatic heterocycles. The maximum Gasteiger partial charge on any atom is 0.230 e. The van der Waals surface area contributed by atoms with E-state index in [-0.39, 0.29) is 11.7 Å². The monoisotopic (exact) mass is 474 g/mol. The molecule has 8 heteroatoms. The van der Waals surface area contributed by atoms with Crippen LogP contribution >= 0.6 is 27.7 Å². The van der Waals surface area contributed by atoms with E-state index in [1.54, 1.807) is 0 Å². The van der Waals surface area contributed by atoms with Crippen molar-refractivity contribution in [3.8, 4) is 11.4 Å². The minimum Gasteiger partial charge on any atom is -0.492 e. The van der Waals surface area contributed by atoms with Crippen LogP contribution in [-0.4, -0.2) is 39.6 Å². The number of benzene rings is 2. The van der Waals surface area contributed by atoms with Crippen molar-refractivity contribution in [2.75, 3.05) is 18.9 Å². The molecule has 29 heavy (non-hydrogen) atoms. The summed E-state index contributed by atoms with van der Waals surface area (Å²) in [5.41, 5.74) is 3.34. The number of nitrogens with one attached hydrogen (secondary N) is 1. The van der Waals surface area contributed by atoms with Crippen molar-refractivity contribution in [1.82, 2.24) is 20.1 Å². The summed E-state index contributed by atoms with van der Waals surface area (Å²) in [5.74, 6) is 1.75. The molecular formula is C21H23BrN4O2S. The molecule has 0 saturated heterocycles. The lowest BCUT2D eigenvalue weighted by Crippen LogP contribution is -2.29. The second-order valence-corrected chi connectivity index (χ2v) is 8.46. The van der Waals surface area contributed by atoms with Crippen LogP contribution in [-0.2, 0) is 4.79 Å².